The molecule has 4 nitrogen and oxygen atoms in total. The van der Waals surface area contributed by atoms with Gasteiger partial charge in [-0.15, -0.1) is 0 Å². The number of halogens is 1. The van der Waals surface area contributed by atoms with Crippen molar-refractivity contribution in [1.29, 1.82) is 0 Å². The Morgan fingerprint density at radius 2 is 1.64 bits per heavy atom. The van der Waals surface area contributed by atoms with Crippen LogP contribution in [0.4, 0.5) is 0 Å². The van der Waals surface area contributed by atoms with Gasteiger partial charge in [-0.05, 0) is 35.9 Å². The van der Waals surface area contributed by atoms with Crippen molar-refractivity contribution in [3.8, 4) is 0 Å². The fourth-order valence-electron chi connectivity index (χ4n) is 0.758. The van der Waals surface area contributed by atoms with Crippen LogP contribution in [0, 0.1) is 0 Å². The minimum absolute atomic E-state index is 0. The van der Waals surface area contributed by atoms with Gasteiger partial charge in [-0.25, -0.2) is 0 Å². The topological polar surface area (TPSA) is 71.4 Å². The molecule has 0 aromatic heterocycles. The second-order valence-corrected chi connectivity index (χ2v) is 4.04. The Balaban J connectivity index is 0.00000169. The van der Waals surface area contributed by atoms with Gasteiger partial charge in [0.25, 0.3) is 15.4 Å². The van der Waals surface area contributed by atoms with Crippen LogP contribution in [0.25, 0.3) is 0 Å². The Labute approximate surface area is 108 Å². The van der Waals surface area contributed by atoms with E-state index >= 15 is 0 Å². The van der Waals surface area contributed by atoms with E-state index in [0.717, 1.165) is 12.1 Å². The van der Waals surface area contributed by atoms with E-state index < -0.39 is 15.4 Å². The zero-order chi connectivity index (χ0) is 10.1. The van der Waals surface area contributed by atoms with Crippen molar-refractivity contribution in [2.75, 3.05) is 0 Å². The molecular weight excluding hydrogens is 239 g/mol. The van der Waals surface area contributed by atoms with E-state index in [-0.39, 0.29) is 40.0 Å². The first-order chi connectivity index (χ1) is 5.91. The summed E-state index contributed by atoms with van der Waals surface area (Å²) in [6.45, 7) is 0. The first-order valence-corrected chi connectivity index (χ1v) is 5.00. The molecule has 0 unspecified atom stereocenters. The minimum Gasteiger partial charge on any atom is -0.282 e. The molecular formula is C7H5ClNaO4S+. The summed E-state index contributed by atoms with van der Waals surface area (Å²) in [7, 11) is -4.20. The molecule has 0 saturated carbocycles. The van der Waals surface area contributed by atoms with Crippen LogP contribution in [0.5, 0.6) is 0 Å². The molecule has 0 spiro atoms. The molecule has 0 saturated heterocycles. The molecule has 1 aromatic carbocycles. The summed E-state index contributed by atoms with van der Waals surface area (Å²) in [6.07, 6.45) is 0. The summed E-state index contributed by atoms with van der Waals surface area (Å²) < 4.78 is 29.7. The number of hydrogen-bond acceptors (Lipinski definition) is 3. The summed E-state index contributed by atoms with van der Waals surface area (Å²) in [5.41, 5.74) is 0.175. The summed E-state index contributed by atoms with van der Waals surface area (Å²) in [6, 6.07) is 4.65. The molecule has 1 rings (SSSR count). The molecule has 14 heavy (non-hydrogen) atoms. The molecule has 0 aliphatic heterocycles. The van der Waals surface area contributed by atoms with E-state index in [9.17, 15) is 13.2 Å². The predicted octanol–water partition coefficient (Wildman–Crippen LogP) is -1.68. The largest absolute Gasteiger partial charge is 1.00 e. The Morgan fingerprint density at radius 1 is 1.21 bits per heavy atom. The van der Waals surface area contributed by atoms with Gasteiger partial charge < -0.3 is 0 Å². The van der Waals surface area contributed by atoms with Crippen LogP contribution >= 0.6 is 11.6 Å². The smallest absolute Gasteiger partial charge is 0.282 e. The van der Waals surface area contributed by atoms with Crippen molar-refractivity contribution < 1.29 is 47.3 Å². The molecule has 1 N–H and O–H groups in total. The SMILES string of the molecule is O=C(Cl)c1ccc(S(=O)(=O)O)cc1.[Na+]. The van der Waals surface area contributed by atoms with Crippen LogP contribution in [0.2, 0.25) is 0 Å². The second kappa shape index (κ2) is 5.25. The maximum Gasteiger partial charge on any atom is 1.00 e. The Bertz CT molecular complexity index is 426. The fraction of sp³-hybridized carbons (Fsp3) is 0. The number of hydrogen-bond donors (Lipinski definition) is 1. The second-order valence-electron chi connectivity index (χ2n) is 2.27. The van der Waals surface area contributed by atoms with Gasteiger partial charge in [0.15, 0.2) is 0 Å². The van der Waals surface area contributed by atoms with Gasteiger partial charge >= 0.3 is 29.6 Å². The fourth-order valence-corrected chi connectivity index (χ4v) is 1.36. The van der Waals surface area contributed by atoms with Crippen molar-refractivity contribution in [2.45, 2.75) is 4.90 Å². The quantitative estimate of drug-likeness (QED) is 0.383. The van der Waals surface area contributed by atoms with Gasteiger partial charge in [0.1, 0.15) is 0 Å². The number of benzene rings is 1. The third kappa shape index (κ3) is 3.68. The van der Waals surface area contributed by atoms with Crippen molar-refractivity contribution in [3.63, 3.8) is 0 Å². The molecule has 0 aliphatic carbocycles. The summed E-state index contributed by atoms with van der Waals surface area (Å²) in [5, 5.41) is -0.679. The number of carbonyl (C=O) groups excluding carboxylic acids is 1. The van der Waals surface area contributed by atoms with E-state index in [0.29, 0.717) is 0 Å². The predicted molar refractivity (Wildman–Crippen MR) is 46.4 cm³/mol. The molecule has 0 amide bonds. The number of rotatable bonds is 2. The number of carbonyl (C=O) groups is 1. The van der Waals surface area contributed by atoms with Crippen molar-refractivity contribution in [2.24, 2.45) is 0 Å². The van der Waals surface area contributed by atoms with Gasteiger partial charge in [-0.2, -0.15) is 8.42 Å². The molecule has 7 heteroatoms. The average molecular weight is 244 g/mol. The van der Waals surface area contributed by atoms with Crippen LogP contribution in [-0.4, -0.2) is 18.2 Å². The maximum atomic E-state index is 10.6. The monoisotopic (exact) mass is 243 g/mol. The molecule has 0 bridgehead atoms. The maximum absolute atomic E-state index is 10.6. The van der Waals surface area contributed by atoms with Gasteiger partial charge in [-0.1, -0.05) is 0 Å². The van der Waals surface area contributed by atoms with E-state index in [4.69, 9.17) is 16.2 Å². The van der Waals surface area contributed by atoms with Crippen molar-refractivity contribution >= 4 is 27.0 Å². The molecule has 0 radical (unpaired) electrons. The van der Waals surface area contributed by atoms with E-state index in [1.807, 2.05) is 0 Å². The van der Waals surface area contributed by atoms with Crippen LogP contribution in [0.1, 0.15) is 10.4 Å². The zero-order valence-corrected chi connectivity index (χ0v) is 10.8. The van der Waals surface area contributed by atoms with Crippen molar-refractivity contribution in [3.05, 3.63) is 29.8 Å². The Hall–Kier alpha value is 0.0900. The summed E-state index contributed by atoms with van der Waals surface area (Å²) in [4.78, 5) is 10.3. The van der Waals surface area contributed by atoms with Crippen LogP contribution in [0.3, 0.4) is 0 Å². The van der Waals surface area contributed by atoms with Gasteiger partial charge in [-0.3, -0.25) is 9.35 Å². The van der Waals surface area contributed by atoms with Gasteiger partial charge in [0, 0.05) is 5.56 Å². The summed E-state index contributed by atoms with van der Waals surface area (Å²) in [5.74, 6) is 0. The van der Waals surface area contributed by atoms with Crippen LogP contribution < -0.4 is 29.6 Å². The molecule has 0 aliphatic rings. The van der Waals surface area contributed by atoms with E-state index in [1.54, 1.807) is 0 Å². The summed E-state index contributed by atoms with van der Waals surface area (Å²) >= 11 is 5.12. The van der Waals surface area contributed by atoms with E-state index in [1.165, 1.54) is 12.1 Å². The first-order valence-electron chi connectivity index (χ1n) is 3.18. The van der Waals surface area contributed by atoms with Crippen LogP contribution in [-0.2, 0) is 10.1 Å². The Morgan fingerprint density at radius 3 is 1.93 bits per heavy atom. The Kier molecular flexibility index (Phi) is 5.28. The molecule has 0 fully saturated rings. The molecule has 0 heterocycles. The van der Waals surface area contributed by atoms with Crippen LogP contribution in [0.15, 0.2) is 29.2 Å². The normalized spacial score (nSPS) is 10.4. The first kappa shape index (κ1) is 14.1. The minimum atomic E-state index is -4.20. The third-order valence-corrected chi connectivity index (χ3v) is 2.47. The zero-order valence-electron chi connectivity index (χ0n) is 7.27. The molecule has 70 valence electrons. The standard InChI is InChI=1S/C7H5ClO4S.Na/c8-7(9)5-1-3-6(4-2-5)13(10,11)12;/h1-4H,(H,10,11,12);/q;+1. The average Bonchev–Trinajstić information content (AvgIpc) is 2.03. The van der Waals surface area contributed by atoms with Gasteiger partial charge in [0.05, 0.1) is 4.90 Å². The molecule has 1 aromatic rings. The van der Waals surface area contributed by atoms with Crippen molar-refractivity contribution in [1.82, 2.24) is 0 Å². The third-order valence-electron chi connectivity index (χ3n) is 1.38. The van der Waals surface area contributed by atoms with Gasteiger partial charge in [0.2, 0.25) is 0 Å². The van der Waals surface area contributed by atoms with E-state index in [2.05, 4.69) is 0 Å². The molecule has 0 atom stereocenters.